The molecule has 3 atom stereocenters. The van der Waals surface area contributed by atoms with Crippen LogP contribution in [0.3, 0.4) is 0 Å². The van der Waals surface area contributed by atoms with Crippen LogP contribution >= 0.6 is 0 Å². The molecule has 4 N–H and O–H groups in total. The van der Waals surface area contributed by atoms with Crippen molar-refractivity contribution in [3.63, 3.8) is 0 Å². The van der Waals surface area contributed by atoms with Gasteiger partial charge in [0, 0.05) is 11.5 Å². The maximum Gasteiger partial charge on any atom is 0.490 e. The molecule has 0 aromatic rings. The number of nitrogens with one attached hydrogen (secondary N) is 2. The Kier molecular flexibility index (Phi) is 6.72. The number of nitrogens with zero attached hydrogens (tertiary/aromatic N) is 1. The van der Waals surface area contributed by atoms with E-state index in [1.165, 1.54) is 0 Å². The number of hydrogen-bond acceptors (Lipinski definition) is 6. The smallest absolute Gasteiger partial charge is 0.477 e. The van der Waals surface area contributed by atoms with Crippen LogP contribution in [-0.4, -0.2) is 83.2 Å². The van der Waals surface area contributed by atoms with E-state index in [-0.39, 0.29) is 29.1 Å². The number of rotatable bonds is 4. The molecule has 0 bridgehead atoms. The monoisotopic (exact) mass is 463 g/mol. The van der Waals surface area contributed by atoms with Crippen molar-refractivity contribution in [3.05, 3.63) is 11.3 Å². The van der Waals surface area contributed by atoms with E-state index in [0.29, 0.717) is 13.0 Å². The Morgan fingerprint density at radius 3 is 2.23 bits per heavy atom. The molecule has 2 fully saturated rings. The van der Waals surface area contributed by atoms with E-state index < -0.39 is 49.6 Å². The lowest BCUT2D eigenvalue weighted by Crippen LogP contribution is -2.72. The zero-order valence-electron chi connectivity index (χ0n) is 15.2. The Morgan fingerprint density at radius 2 is 1.74 bits per heavy atom. The topological polar surface area (TPSA) is 145 Å². The highest BCUT2D eigenvalue weighted by molar-refractivity contribution is 6.01. The first-order valence-corrected chi connectivity index (χ1v) is 8.45. The molecule has 1 unspecified atom stereocenters. The van der Waals surface area contributed by atoms with Gasteiger partial charge in [-0.15, -0.1) is 0 Å². The molecule has 31 heavy (non-hydrogen) atoms. The van der Waals surface area contributed by atoms with Crippen LogP contribution in [0.15, 0.2) is 11.3 Å². The molecule has 3 aliphatic rings. The van der Waals surface area contributed by atoms with E-state index in [4.69, 9.17) is 14.6 Å². The Balaban J connectivity index is 0.000000423. The highest BCUT2D eigenvalue weighted by Gasteiger charge is 2.61. The van der Waals surface area contributed by atoms with Gasteiger partial charge in [0.2, 0.25) is 5.91 Å². The number of carbonyl (C=O) groups is 4. The van der Waals surface area contributed by atoms with Gasteiger partial charge in [-0.25, -0.2) is 14.4 Å². The Hall–Kier alpha value is -3.04. The van der Waals surface area contributed by atoms with E-state index in [1.807, 2.05) is 0 Å². The summed E-state index contributed by atoms with van der Waals surface area (Å²) in [4.78, 5) is 44.8. The molecule has 3 rings (SSSR count). The van der Waals surface area contributed by atoms with Gasteiger partial charge >= 0.3 is 30.4 Å². The minimum Gasteiger partial charge on any atom is -0.477 e. The standard InChI is InChI=1S/C13H14F3N3O5.C2HF3O2/c14-13(15,16)4-18-12(23)24-3-6-5-1-2-17-7-8(5)19(10(7)20)9(6)11(21)22;3-2(4,5)1(6)7/h5,7-8,17H,1-4H2,(H,18,23)(H,21,22);(H,6,7)/t5?,7-,8+;/m0./s1. The van der Waals surface area contributed by atoms with Crippen LogP contribution in [0.25, 0.3) is 0 Å². The Morgan fingerprint density at radius 1 is 1.16 bits per heavy atom. The molecule has 0 radical (unpaired) electrons. The van der Waals surface area contributed by atoms with Crippen LogP contribution in [0.1, 0.15) is 6.42 Å². The van der Waals surface area contributed by atoms with Crippen LogP contribution < -0.4 is 10.6 Å². The fourth-order valence-corrected chi connectivity index (χ4v) is 3.45. The Labute approximate surface area is 168 Å². The van der Waals surface area contributed by atoms with E-state index >= 15 is 0 Å². The van der Waals surface area contributed by atoms with E-state index in [0.717, 1.165) is 4.90 Å². The molecule has 3 aliphatic heterocycles. The number of carbonyl (C=O) groups excluding carboxylic acids is 2. The molecular weight excluding hydrogens is 448 g/mol. The summed E-state index contributed by atoms with van der Waals surface area (Å²) in [5, 5.41) is 21.0. The summed E-state index contributed by atoms with van der Waals surface area (Å²) < 4.78 is 72.6. The third-order valence-electron chi connectivity index (χ3n) is 4.60. The number of carboxylic acid groups (broad SMARTS) is 2. The second-order valence-corrected chi connectivity index (χ2v) is 6.55. The number of alkyl carbamates (subject to hydrolysis) is 1. The maximum absolute atomic E-state index is 12.0. The molecule has 0 aliphatic carbocycles. The predicted molar refractivity (Wildman–Crippen MR) is 84.3 cm³/mol. The average Bonchev–Trinajstić information content (AvgIpc) is 2.97. The number of ether oxygens (including phenoxy) is 1. The molecule has 174 valence electrons. The van der Waals surface area contributed by atoms with Crippen LogP contribution in [0.4, 0.5) is 31.1 Å². The lowest BCUT2D eigenvalue weighted by molar-refractivity contribution is -0.192. The van der Waals surface area contributed by atoms with Gasteiger partial charge in [0.25, 0.3) is 0 Å². The molecule has 16 heteroatoms. The minimum absolute atomic E-state index is 0.237. The van der Waals surface area contributed by atoms with Gasteiger partial charge in [-0.2, -0.15) is 26.3 Å². The van der Waals surface area contributed by atoms with Gasteiger partial charge < -0.3 is 25.6 Å². The quantitative estimate of drug-likeness (QED) is 0.348. The Bertz CT molecular complexity index is 810. The minimum atomic E-state index is -5.08. The number of aliphatic carboxylic acids is 2. The zero-order chi connectivity index (χ0) is 23.7. The van der Waals surface area contributed by atoms with Crippen molar-refractivity contribution < 1.29 is 60.5 Å². The van der Waals surface area contributed by atoms with Crippen molar-refractivity contribution in [1.82, 2.24) is 15.5 Å². The van der Waals surface area contributed by atoms with Gasteiger partial charge in [0.1, 0.15) is 24.9 Å². The first kappa shape index (κ1) is 24.2. The fourth-order valence-electron chi connectivity index (χ4n) is 3.45. The van der Waals surface area contributed by atoms with E-state index in [9.17, 15) is 45.8 Å². The third-order valence-corrected chi connectivity index (χ3v) is 4.60. The summed E-state index contributed by atoms with van der Waals surface area (Å²) in [6.07, 6.45) is -10.4. The summed E-state index contributed by atoms with van der Waals surface area (Å²) in [6.45, 7) is -1.51. The summed E-state index contributed by atoms with van der Waals surface area (Å²) in [5.74, 6) is -4.73. The molecule has 0 aromatic carbocycles. The van der Waals surface area contributed by atoms with Crippen molar-refractivity contribution in [2.45, 2.75) is 30.9 Å². The molecule has 0 saturated carbocycles. The maximum atomic E-state index is 12.0. The van der Waals surface area contributed by atoms with Crippen molar-refractivity contribution in [2.24, 2.45) is 5.92 Å². The van der Waals surface area contributed by atoms with E-state index in [1.54, 1.807) is 5.32 Å². The lowest BCUT2D eigenvalue weighted by atomic mass is 9.79. The SMILES string of the molecule is O=C(NCC(F)(F)F)OCC1=C(C(=O)O)N2C(=O)[C@H]3NCCC1[C@H]32.O=C(O)C(F)(F)F. The molecular formula is C15H15F6N3O7. The number of amides is 2. The summed E-state index contributed by atoms with van der Waals surface area (Å²) in [5.41, 5.74) is 0.0191. The van der Waals surface area contributed by atoms with Gasteiger partial charge in [-0.05, 0) is 13.0 Å². The fraction of sp³-hybridized carbons (Fsp3) is 0.600. The second kappa shape index (κ2) is 8.60. The number of β-lactam (4-membered cyclic amide) rings is 1. The van der Waals surface area contributed by atoms with Crippen LogP contribution in [0, 0.1) is 5.92 Å². The highest BCUT2D eigenvalue weighted by Crippen LogP contribution is 2.46. The lowest BCUT2D eigenvalue weighted by Gasteiger charge is -2.48. The number of halogens is 6. The number of hydrogen-bond donors (Lipinski definition) is 4. The van der Waals surface area contributed by atoms with Gasteiger partial charge in [0.15, 0.2) is 0 Å². The normalized spacial score (nSPS) is 24.5. The molecule has 0 spiro atoms. The number of carboxylic acids is 2. The number of piperidine rings is 1. The first-order chi connectivity index (χ1) is 14.1. The molecule has 2 amide bonds. The van der Waals surface area contributed by atoms with Gasteiger partial charge in [-0.3, -0.25) is 9.69 Å². The first-order valence-electron chi connectivity index (χ1n) is 8.45. The van der Waals surface area contributed by atoms with Crippen LogP contribution in [0.2, 0.25) is 0 Å². The average molecular weight is 463 g/mol. The van der Waals surface area contributed by atoms with Crippen molar-refractivity contribution in [2.75, 3.05) is 19.7 Å². The third kappa shape index (κ3) is 5.36. The van der Waals surface area contributed by atoms with Crippen LogP contribution in [-0.2, 0) is 19.1 Å². The molecule has 10 nitrogen and oxygen atoms in total. The van der Waals surface area contributed by atoms with E-state index in [2.05, 4.69) is 5.32 Å². The van der Waals surface area contributed by atoms with Gasteiger partial charge in [0.05, 0.1) is 6.04 Å². The van der Waals surface area contributed by atoms with Crippen LogP contribution in [0.5, 0.6) is 0 Å². The molecule has 0 aromatic heterocycles. The number of alkyl halides is 6. The largest absolute Gasteiger partial charge is 0.490 e. The molecule has 2 saturated heterocycles. The second-order valence-electron chi connectivity index (χ2n) is 6.55. The highest BCUT2D eigenvalue weighted by atomic mass is 19.4. The summed E-state index contributed by atoms with van der Waals surface area (Å²) in [7, 11) is 0. The molecule has 3 heterocycles. The van der Waals surface area contributed by atoms with Gasteiger partial charge in [-0.1, -0.05) is 0 Å². The summed E-state index contributed by atoms with van der Waals surface area (Å²) >= 11 is 0. The van der Waals surface area contributed by atoms with Crippen molar-refractivity contribution in [1.29, 1.82) is 0 Å². The van der Waals surface area contributed by atoms with Crippen molar-refractivity contribution >= 4 is 23.9 Å². The van der Waals surface area contributed by atoms with Crippen molar-refractivity contribution in [3.8, 4) is 0 Å². The zero-order valence-corrected chi connectivity index (χ0v) is 15.2. The predicted octanol–water partition coefficient (Wildman–Crippen LogP) is 0.449. The summed E-state index contributed by atoms with van der Waals surface area (Å²) in [6, 6.07) is -0.802.